The molecule has 3 nitrogen and oxygen atoms in total. The molecule has 0 aromatic carbocycles. The lowest BCUT2D eigenvalue weighted by Crippen LogP contribution is -2.34. The molecule has 13 heavy (non-hydrogen) atoms. The summed E-state index contributed by atoms with van der Waals surface area (Å²) in [5.74, 6) is -1.06. The van der Waals surface area contributed by atoms with Crippen LogP contribution in [0.5, 0.6) is 0 Å². The molecule has 74 valence electrons. The van der Waals surface area contributed by atoms with Crippen LogP contribution in [0.2, 0.25) is 0 Å². The second-order valence-electron chi connectivity index (χ2n) is 4.68. The fourth-order valence-electron chi connectivity index (χ4n) is 2.25. The van der Waals surface area contributed by atoms with Gasteiger partial charge in [0.2, 0.25) is 0 Å². The number of carboxylic acids is 1. The molecule has 0 spiro atoms. The summed E-state index contributed by atoms with van der Waals surface area (Å²) < 4.78 is 0. The molecule has 1 N–H and O–H groups in total. The molecule has 0 heterocycles. The maximum atomic E-state index is 11.6. The Labute approximate surface area is 78.1 Å². The van der Waals surface area contributed by atoms with Gasteiger partial charge in [-0.3, -0.25) is 9.59 Å². The average Bonchev–Trinajstić information content (AvgIpc) is 2.21. The van der Waals surface area contributed by atoms with Crippen LogP contribution < -0.4 is 0 Å². The molecule has 1 atom stereocenters. The first-order valence-corrected chi connectivity index (χ1v) is 4.61. The summed E-state index contributed by atoms with van der Waals surface area (Å²) in [6, 6.07) is 0. The Hall–Kier alpha value is -0.860. The summed E-state index contributed by atoms with van der Waals surface area (Å²) in [5, 5.41) is 9.05. The Kier molecular flexibility index (Phi) is 2.22. The maximum absolute atomic E-state index is 11.6. The van der Waals surface area contributed by atoms with Gasteiger partial charge in [-0.2, -0.15) is 0 Å². The number of hydrogen-bond donors (Lipinski definition) is 1. The number of ketones is 1. The monoisotopic (exact) mass is 184 g/mol. The third-order valence-corrected chi connectivity index (χ3v) is 2.97. The van der Waals surface area contributed by atoms with Crippen LogP contribution in [-0.4, -0.2) is 16.9 Å². The van der Waals surface area contributed by atoms with E-state index in [-0.39, 0.29) is 11.2 Å². The van der Waals surface area contributed by atoms with Gasteiger partial charge >= 0.3 is 5.97 Å². The Morgan fingerprint density at radius 2 is 2.08 bits per heavy atom. The molecule has 1 rings (SSSR count). The van der Waals surface area contributed by atoms with Crippen molar-refractivity contribution in [3.05, 3.63) is 0 Å². The minimum atomic E-state index is -1.09. The van der Waals surface area contributed by atoms with E-state index in [9.17, 15) is 9.59 Å². The van der Waals surface area contributed by atoms with Crippen LogP contribution in [0, 0.1) is 10.8 Å². The predicted octanol–water partition coefficient (Wildman–Crippen LogP) is 1.86. The Morgan fingerprint density at radius 1 is 1.54 bits per heavy atom. The fraction of sp³-hybridized carbons (Fsp3) is 0.800. The molecule has 1 unspecified atom stereocenters. The van der Waals surface area contributed by atoms with Gasteiger partial charge in [0, 0.05) is 6.42 Å². The smallest absolute Gasteiger partial charge is 0.317 e. The highest BCUT2D eigenvalue weighted by atomic mass is 16.4. The van der Waals surface area contributed by atoms with E-state index in [2.05, 4.69) is 0 Å². The Balaban J connectivity index is 3.03. The third-order valence-electron chi connectivity index (χ3n) is 2.97. The molecule has 0 amide bonds. The third kappa shape index (κ3) is 1.47. The first kappa shape index (κ1) is 10.2. The lowest BCUT2D eigenvalue weighted by molar-refractivity contribution is -0.153. The summed E-state index contributed by atoms with van der Waals surface area (Å²) in [5.41, 5.74) is -1.24. The number of hydrogen-bond acceptors (Lipinski definition) is 2. The van der Waals surface area contributed by atoms with Crippen molar-refractivity contribution < 1.29 is 14.7 Å². The van der Waals surface area contributed by atoms with Gasteiger partial charge in [0.05, 0.1) is 0 Å². The molecule has 0 aromatic heterocycles. The lowest BCUT2D eigenvalue weighted by atomic mass is 9.79. The van der Waals surface area contributed by atoms with E-state index in [1.807, 2.05) is 13.8 Å². The Morgan fingerprint density at radius 3 is 2.23 bits per heavy atom. The van der Waals surface area contributed by atoms with Gasteiger partial charge in [-0.05, 0) is 18.3 Å². The van der Waals surface area contributed by atoms with Crippen LogP contribution in [0.4, 0.5) is 0 Å². The SMILES string of the molecule is CCC1(C(=O)O)CC(C)(C)CC1=O. The van der Waals surface area contributed by atoms with Crippen molar-refractivity contribution >= 4 is 11.8 Å². The van der Waals surface area contributed by atoms with E-state index in [0.717, 1.165) is 0 Å². The van der Waals surface area contributed by atoms with Gasteiger partial charge in [0.25, 0.3) is 0 Å². The van der Waals surface area contributed by atoms with Crippen molar-refractivity contribution in [2.24, 2.45) is 10.8 Å². The minimum absolute atomic E-state index is 0.104. The second kappa shape index (κ2) is 2.82. The molecule has 1 aliphatic rings. The molecule has 0 aromatic rings. The molecule has 0 saturated heterocycles. The molecule has 1 saturated carbocycles. The molecule has 0 radical (unpaired) electrons. The van der Waals surface area contributed by atoms with Crippen LogP contribution in [0.25, 0.3) is 0 Å². The Bertz CT molecular complexity index is 255. The molecule has 0 aliphatic heterocycles. The largest absolute Gasteiger partial charge is 0.480 e. The molecule has 0 bridgehead atoms. The molecular formula is C10H16O3. The van der Waals surface area contributed by atoms with Crippen molar-refractivity contribution in [2.45, 2.75) is 40.0 Å². The first-order valence-electron chi connectivity index (χ1n) is 4.61. The van der Waals surface area contributed by atoms with E-state index in [0.29, 0.717) is 19.3 Å². The summed E-state index contributed by atoms with van der Waals surface area (Å²) in [6.07, 6.45) is 1.28. The van der Waals surface area contributed by atoms with Gasteiger partial charge in [0.1, 0.15) is 5.41 Å². The second-order valence-corrected chi connectivity index (χ2v) is 4.68. The van der Waals surface area contributed by atoms with Crippen molar-refractivity contribution in [1.82, 2.24) is 0 Å². The summed E-state index contributed by atoms with van der Waals surface area (Å²) in [6.45, 7) is 5.67. The first-order chi connectivity index (χ1) is 5.84. The number of Topliss-reactive ketones (excluding diaryl/α,β-unsaturated/α-hetero) is 1. The number of carbonyl (C=O) groups is 2. The summed E-state index contributed by atoms with van der Waals surface area (Å²) in [4.78, 5) is 22.6. The number of aliphatic carboxylic acids is 1. The van der Waals surface area contributed by atoms with Crippen molar-refractivity contribution in [1.29, 1.82) is 0 Å². The highest BCUT2D eigenvalue weighted by Gasteiger charge is 2.54. The normalized spacial score (nSPS) is 32.1. The predicted molar refractivity (Wildman–Crippen MR) is 48.4 cm³/mol. The molecule has 1 fully saturated rings. The summed E-state index contributed by atoms with van der Waals surface area (Å²) in [7, 11) is 0. The minimum Gasteiger partial charge on any atom is -0.480 e. The highest BCUT2D eigenvalue weighted by Crippen LogP contribution is 2.48. The number of rotatable bonds is 2. The fourth-order valence-corrected chi connectivity index (χ4v) is 2.25. The topological polar surface area (TPSA) is 54.4 Å². The van der Waals surface area contributed by atoms with Crippen molar-refractivity contribution in [2.75, 3.05) is 0 Å². The molecule has 3 heteroatoms. The number of carboxylic acid groups (broad SMARTS) is 1. The maximum Gasteiger partial charge on any atom is 0.317 e. The molecular weight excluding hydrogens is 168 g/mol. The van der Waals surface area contributed by atoms with E-state index in [4.69, 9.17) is 5.11 Å². The van der Waals surface area contributed by atoms with E-state index >= 15 is 0 Å². The van der Waals surface area contributed by atoms with E-state index < -0.39 is 11.4 Å². The van der Waals surface area contributed by atoms with Crippen LogP contribution >= 0.6 is 0 Å². The van der Waals surface area contributed by atoms with Crippen LogP contribution in [0.1, 0.15) is 40.0 Å². The van der Waals surface area contributed by atoms with E-state index in [1.54, 1.807) is 6.92 Å². The molecule has 1 aliphatic carbocycles. The zero-order valence-corrected chi connectivity index (χ0v) is 8.39. The highest BCUT2D eigenvalue weighted by molar-refractivity contribution is 6.05. The zero-order chi connectivity index (χ0) is 10.3. The van der Waals surface area contributed by atoms with Gasteiger partial charge in [-0.25, -0.2) is 0 Å². The quantitative estimate of drug-likeness (QED) is 0.666. The van der Waals surface area contributed by atoms with E-state index in [1.165, 1.54) is 0 Å². The zero-order valence-electron chi connectivity index (χ0n) is 8.39. The average molecular weight is 184 g/mol. The lowest BCUT2D eigenvalue weighted by Gasteiger charge is -2.22. The van der Waals surface area contributed by atoms with Crippen LogP contribution in [-0.2, 0) is 9.59 Å². The van der Waals surface area contributed by atoms with Crippen molar-refractivity contribution in [3.8, 4) is 0 Å². The van der Waals surface area contributed by atoms with Crippen molar-refractivity contribution in [3.63, 3.8) is 0 Å². The number of carbonyl (C=O) groups excluding carboxylic acids is 1. The van der Waals surface area contributed by atoms with Gasteiger partial charge in [-0.1, -0.05) is 20.8 Å². The van der Waals surface area contributed by atoms with Gasteiger partial charge < -0.3 is 5.11 Å². The standard InChI is InChI=1S/C10H16O3/c1-4-10(8(12)13)6-9(2,3)5-7(10)11/h4-6H2,1-3H3,(H,12,13). The van der Waals surface area contributed by atoms with Crippen LogP contribution in [0.3, 0.4) is 0 Å². The van der Waals surface area contributed by atoms with Crippen LogP contribution in [0.15, 0.2) is 0 Å². The van der Waals surface area contributed by atoms with Gasteiger partial charge in [0.15, 0.2) is 5.78 Å². The van der Waals surface area contributed by atoms with Gasteiger partial charge in [-0.15, -0.1) is 0 Å². The summed E-state index contributed by atoms with van der Waals surface area (Å²) >= 11 is 0.